The molecule has 2 aliphatic heterocycles. The fourth-order valence-electron chi connectivity index (χ4n) is 5.71. The van der Waals surface area contributed by atoms with Gasteiger partial charge in [0.1, 0.15) is 11.1 Å². The summed E-state index contributed by atoms with van der Waals surface area (Å²) in [4.78, 5) is 42.6. The van der Waals surface area contributed by atoms with Gasteiger partial charge in [0.2, 0.25) is 11.8 Å². The van der Waals surface area contributed by atoms with Gasteiger partial charge >= 0.3 is 6.09 Å². The number of nitrogens with zero attached hydrogens (tertiary/aromatic N) is 3. The van der Waals surface area contributed by atoms with Gasteiger partial charge in [-0.15, -0.1) is 0 Å². The molecule has 4 fully saturated rings. The highest BCUT2D eigenvalue weighted by atomic mass is 16.6. The van der Waals surface area contributed by atoms with E-state index in [4.69, 9.17) is 4.74 Å². The zero-order valence-corrected chi connectivity index (χ0v) is 20.3. The van der Waals surface area contributed by atoms with Crippen molar-refractivity contribution in [3.8, 4) is 6.07 Å². The number of likely N-dealkylation sites (tertiary alicyclic amines) is 2. The number of carbonyl (C=O) groups excluding carboxylic acids is 3. The zero-order chi connectivity index (χ0) is 23.9. The zero-order valence-electron chi connectivity index (χ0n) is 20.3. The Bertz CT molecular complexity index is 830. The first-order chi connectivity index (χ1) is 15.6. The number of hydrogen-bond donors (Lipinski definition) is 1. The molecule has 2 atom stereocenters. The maximum atomic E-state index is 13.5. The Balaban J connectivity index is 1.34. The Kier molecular flexibility index (Phi) is 6.36. The van der Waals surface area contributed by atoms with Gasteiger partial charge in [-0.3, -0.25) is 9.59 Å². The minimum Gasteiger partial charge on any atom is -0.444 e. The Morgan fingerprint density at radius 1 is 0.939 bits per heavy atom. The summed E-state index contributed by atoms with van der Waals surface area (Å²) < 4.78 is 5.51. The van der Waals surface area contributed by atoms with Crippen molar-refractivity contribution in [1.82, 2.24) is 15.1 Å². The summed E-state index contributed by atoms with van der Waals surface area (Å²) in [6.45, 7) is 8.36. The van der Waals surface area contributed by atoms with E-state index in [9.17, 15) is 19.6 Å². The number of hydrogen-bond acceptors (Lipinski definition) is 5. The quantitative estimate of drug-likeness (QED) is 0.700. The van der Waals surface area contributed by atoms with E-state index in [0.29, 0.717) is 38.9 Å². The largest absolute Gasteiger partial charge is 0.444 e. The maximum Gasteiger partial charge on any atom is 0.410 e. The van der Waals surface area contributed by atoms with Crippen molar-refractivity contribution in [1.29, 1.82) is 5.26 Å². The van der Waals surface area contributed by atoms with Crippen molar-refractivity contribution < 1.29 is 19.1 Å². The van der Waals surface area contributed by atoms with Crippen LogP contribution in [0.4, 0.5) is 4.79 Å². The monoisotopic (exact) mass is 458 g/mol. The Morgan fingerprint density at radius 2 is 1.52 bits per heavy atom. The highest BCUT2D eigenvalue weighted by Crippen LogP contribution is 2.43. The molecule has 0 aromatic heterocycles. The Morgan fingerprint density at radius 3 is 2.06 bits per heavy atom. The molecule has 2 heterocycles. The second-order valence-corrected chi connectivity index (χ2v) is 11.7. The maximum absolute atomic E-state index is 13.5. The van der Waals surface area contributed by atoms with Gasteiger partial charge in [0, 0.05) is 38.0 Å². The van der Waals surface area contributed by atoms with Crippen LogP contribution in [0, 0.1) is 28.6 Å². The highest BCUT2D eigenvalue weighted by molar-refractivity contribution is 5.89. The van der Waals surface area contributed by atoms with E-state index >= 15 is 0 Å². The SMILES string of the molecule is CC(C)(C)OC(=O)N1CCC2(CC1)CCN(C(=O)[C@@H]1CCCC[C@H]1C(=O)NC1(C#N)CC1)C2. The average molecular weight is 459 g/mol. The van der Waals surface area contributed by atoms with Crippen LogP contribution in [0.1, 0.15) is 78.6 Å². The number of nitriles is 1. The second-order valence-electron chi connectivity index (χ2n) is 11.7. The summed E-state index contributed by atoms with van der Waals surface area (Å²) in [5.41, 5.74) is -1.14. The van der Waals surface area contributed by atoms with Crippen molar-refractivity contribution in [2.75, 3.05) is 26.2 Å². The van der Waals surface area contributed by atoms with Crippen LogP contribution in [0.2, 0.25) is 0 Å². The summed E-state index contributed by atoms with van der Waals surface area (Å²) in [7, 11) is 0. The summed E-state index contributed by atoms with van der Waals surface area (Å²) >= 11 is 0. The lowest BCUT2D eigenvalue weighted by atomic mass is 9.77. The number of carbonyl (C=O) groups is 3. The van der Waals surface area contributed by atoms with E-state index in [1.165, 1.54) is 0 Å². The predicted octanol–water partition coefficient (Wildman–Crippen LogP) is 3.21. The minimum atomic E-state index is -0.693. The summed E-state index contributed by atoms with van der Waals surface area (Å²) in [6.07, 6.45) is 7.21. The lowest BCUT2D eigenvalue weighted by molar-refractivity contribution is -0.143. The van der Waals surface area contributed by atoms with Crippen LogP contribution in [0.5, 0.6) is 0 Å². The second kappa shape index (κ2) is 8.81. The van der Waals surface area contributed by atoms with Crippen molar-refractivity contribution >= 4 is 17.9 Å². The molecule has 1 N–H and O–H groups in total. The molecule has 0 aromatic carbocycles. The fourth-order valence-corrected chi connectivity index (χ4v) is 5.71. The standard InChI is InChI=1S/C25H38N4O4/c1-23(2,3)33-22(32)28-13-10-24(11-14-28)12-15-29(17-24)21(31)19-7-5-4-6-18(19)20(30)27-25(16-26)8-9-25/h18-19H,4-15,17H2,1-3H3,(H,27,30)/t18-,19-/m1/s1. The molecule has 2 saturated heterocycles. The van der Waals surface area contributed by atoms with E-state index in [-0.39, 0.29) is 35.2 Å². The van der Waals surface area contributed by atoms with Crippen molar-refractivity contribution in [3.63, 3.8) is 0 Å². The van der Waals surface area contributed by atoms with E-state index in [1.807, 2.05) is 25.7 Å². The highest BCUT2D eigenvalue weighted by Gasteiger charge is 2.49. The fraction of sp³-hybridized carbons (Fsp3) is 0.840. The molecule has 3 amide bonds. The smallest absolute Gasteiger partial charge is 0.410 e. The number of nitrogens with one attached hydrogen (secondary N) is 1. The average Bonchev–Trinajstić information content (AvgIpc) is 3.44. The van der Waals surface area contributed by atoms with Gasteiger partial charge in [-0.05, 0) is 71.1 Å². The summed E-state index contributed by atoms with van der Waals surface area (Å²) in [5, 5.41) is 12.3. The third-order valence-electron chi connectivity index (χ3n) is 7.97. The normalized spacial score (nSPS) is 28.2. The van der Waals surface area contributed by atoms with E-state index in [1.54, 1.807) is 4.90 Å². The molecule has 2 saturated carbocycles. The van der Waals surface area contributed by atoms with Gasteiger partial charge in [0.25, 0.3) is 0 Å². The molecule has 182 valence electrons. The topological polar surface area (TPSA) is 103 Å². The van der Waals surface area contributed by atoms with Crippen molar-refractivity contribution in [2.24, 2.45) is 17.3 Å². The Labute approximate surface area is 197 Å². The van der Waals surface area contributed by atoms with Gasteiger partial charge in [0.05, 0.1) is 6.07 Å². The van der Waals surface area contributed by atoms with Crippen LogP contribution in [0.15, 0.2) is 0 Å². The van der Waals surface area contributed by atoms with Crippen LogP contribution in [-0.2, 0) is 14.3 Å². The van der Waals surface area contributed by atoms with Crippen molar-refractivity contribution in [3.05, 3.63) is 0 Å². The van der Waals surface area contributed by atoms with E-state index in [2.05, 4.69) is 11.4 Å². The molecule has 33 heavy (non-hydrogen) atoms. The molecule has 8 heteroatoms. The van der Waals surface area contributed by atoms with Crippen LogP contribution >= 0.6 is 0 Å². The van der Waals surface area contributed by atoms with Gasteiger partial charge in [-0.25, -0.2) is 4.79 Å². The van der Waals surface area contributed by atoms with Gasteiger partial charge in [-0.2, -0.15) is 5.26 Å². The minimum absolute atomic E-state index is 0.0550. The molecule has 0 aromatic rings. The Hall–Kier alpha value is -2.30. The molecule has 0 radical (unpaired) electrons. The lowest BCUT2D eigenvalue weighted by Crippen LogP contribution is -2.49. The molecule has 0 unspecified atom stereocenters. The number of rotatable bonds is 3. The molecule has 4 aliphatic rings. The number of ether oxygens (including phenoxy) is 1. The molecule has 2 aliphatic carbocycles. The van der Waals surface area contributed by atoms with Crippen LogP contribution in [0.3, 0.4) is 0 Å². The van der Waals surface area contributed by atoms with Crippen molar-refractivity contribution in [2.45, 2.75) is 89.7 Å². The summed E-state index contributed by atoms with van der Waals surface area (Å²) in [5.74, 6) is -0.636. The predicted molar refractivity (Wildman–Crippen MR) is 122 cm³/mol. The molecule has 1 spiro atoms. The molecule has 0 bridgehead atoms. The summed E-state index contributed by atoms with van der Waals surface area (Å²) in [6, 6.07) is 2.22. The van der Waals surface area contributed by atoms with Crippen LogP contribution < -0.4 is 5.32 Å². The third-order valence-corrected chi connectivity index (χ3v) is 7.97. The number of amides is 3. The number of piperidine rings is 1. The first-order valence-corrected chi connectivity index (χ1v) is 12.6. The molecular formula is C25H38N4O4. The van der Waals surface area contributed by atoms with E-state index in [0.717, 1.165) is 45.1 Å². The first-order valence-electron chi connectivity index (χ1n) is 12.6. The molecular weight excluding hydrogens is 420 g/mol. The van der Waals surface area contributed by atoms with Gasteiger partial charge in [0.15, 0.2) is 0 Å². The van der Waals surface area contributed by atoms with Crippen LogP contribution in [-0.4, -0.2) is 65.0 Å². The molecule has 8 nitrogen and oxygen atoms in total. The van der Waals surface area contributed by atoms with Gasteiger partial charge in [-0.1, -0.05) is 12.8 Å². The first kappa shape index (κ1) is 23.8. The molecule has 4 rings (SSSR count). The van der Waals surface area contributed by atoms with Crippen LogP contribution in [0.25, 0.3) is 0 Å². The van der Waals surface area contributed by atoms with Gasteiger partial charge < -0.3 is 19.9 Å². The van der Waals surface area contributed by atoms with E-state index < -0.39 is 11.1 Å². The third kappa shape index (κ3) is 5.28. The lowest BCUT2D eigenvalue weighted by Gasteiger charge is -2.40.